The van der Waals surface area contributed by atoms with E-state index < -0.39 is 5.97 Å². The second-order valence-electron chi connectivity index (χ2n) is 7.45. The first-order valence-electron chi connectivity index (χ1n) is 10.6. The maximum Gasteiger partial charge on any atom is 0.330 e. The summed E-state index contributed by atoms with van der Waals surface area (Å²) in [5.74, 6) is -0.670. The molecular weight excluding hydrogens is 465 g/mol. The molecule has 1 N–H and O–H groups in total. The number of hydrogen-bond acceptors (Lipinski definition) is 5. The second-order valence-corrected chi connectivity index (χ2v) is 8.29. The van der Waals surface area contributed by atoms with Crippen LogP contribution in [0.15, 0.2) is 48.5 Å². The first-order chi connectivity index (χ1) is 15.9. The van der Waals surface area contributed by atoms with Gasteiger partial charge in [0.2, 0.25) is 5.91 Å². The number of hydrogen-bond donors (Lipinski definition) is 1. The number of nitrogens with one attached hydrogen (secondary N) is 1. The highest BCUT2D eigenvalue weighted by Crippen LogP contribution is 2.23. The van der Waals surface area contributed by atoms with E-state index in [2.05, 4.69) is 5.32 Å². The number of piperazine rings is 1. The number of carbonyl (C=O) groups excluding carboxylic acids is 3. The fraction of sp³-hybridized carbons (Fsp3) is 0.292. The lowest BCUT2D eigenvalue weighted by Gasteiger charge is -2.34. The average molecular weight is 490 g/mol. The van der Waals surface area contributed by atoms with Crippen molar-refractivity contribution < 1.29 is 19.1 Å². The third kappa shape index (κ3) is 7.32. The van der Waals surface area contributed by atoms with Crippen LogP contribution >= 0.6 is 23.2 Å². The monoisotopic (exact) mass is 489 g/mol. The molecule has 9 heteroatoms. The van der Waals surface area contributed by atoms with Crippen LogP contribution in [0.2, 0.25) is 10.0 Å². The third-order valence-electron chi connectivity index (χ3n) is 5.08. The minimum absolute atomic E-state index is 0.134. The third-order valence-corrected chi connectivity index (χ3v) is 5.63. The molecule has 174 valence electrons. The molecule has 1 saturated heterocycles. The zero-order valence-electron chi connectivity index (χ0n) is 18.2. The van der Waals surface area contributed by atoms with Gasteiger partial charge in [-0.1, -0.05) is 35.3 Å². The van der Waals surface area contributed by atoms with E-state index in [9.17, 15) is 14.4 Å². The fourth-order valence-corrected chi connectivity index (χ4v) is 3.87. The van der Waals surface area contributed by atoms with Crippen LogP contribution in [-0.4, -0.2) is 66.9 Å². The van der Waals surface area contributed by atoms with Crippen molar-refractivity contribution in [2.45, 2.75) is 6.92 Å². The van der Waals surface area contributed by atoms with Crippen LogP contribution in [0.5, 0.6) is 0 Å². The number of halogens is 2. The molecule has 33 heavy (non-hydrogen) atoms. The van der Waals surface area contributed by atoms with Crippen molar-refractivity contribution in [3.05, 3.63) is 69.7 Å². The number of benzene rings is 2. The Morgan fingerprint density at radius 2 is 1.73 bits per heavy atom. The van der Waals surface area contributed by atoms with Crippen LogP contribution in [0.25, 0.3) is 6.08 Å². The molecule has 0 radical (unpaired) electrons. The number of amides is 2. The number of anilines is 1. The maximum absolute atomic E-state index is 12.7. The van der Waals surface area contributed by atoms with E-state index in [1.54, 1.807) is 60.4 Å². The highest BCUT2D eigenvalue weighted by molar-refractivity contribution is 6.36. The molecule has 0 spiro atoms. The molecule has 2 aromatic carbocycles. The van der Waals surface area contributed by atoms with E-state index in [4.69, 9.17) is 27.9 Å². The van der Waals surface area contributed by atoms with Crippen molar-refractivity contribution >= 4 is 52.7 Å². The van der Waals surface area contributed by atoms with Gasteiger partial charge in [-0.15, -0.1) is 0 Å². The molecule has 1 aliphatic rings. The summed E-state index contributed by atoms with van der Waals surface area (Å²) >= 11 is 12.1. The Hall–Kier alpha value is -2.87. The minimum Gasteiger partial charge on any atom is -0.463 e. The molecule has 3 rings (SSSR count). The van der Waals surface area contributed by atoms with Gasteiger partial charge in [0.05, 0.1) is 23.7 Å². The normalized spacial score (nSPS) is 14.3. The summed E-state index contributed by atoms with van der Waals surface area (Å²) < 4.78 is 4.84. The zero-order chi connectivity index (χ0) is 23.8. The summed E-state index contributed by atoms with van der Waals surface area (Å²) in [6.07, 6.45) is 3.02. The summed E-state index contributed by atoms with van der Waals surface area (Å²) in [5, 5.41) is 3.68. The van der Waals surface area contributed by atoms with E-state index in [1.807, 2.05) is 4.90 Å². The Kier molecular flexibility index (Phi) is 8.88. The topological polar surface area (TPSA) is 79.0 Å². The summed E-state index contributed by atoms with van der Waals surface area (Å²) in [6.45, 7) is 4.49. The van der Waals surface area contributed by atoms with Crippen molar-refractivity contribution in [3.63, 3.8) is 0 Å². The van der Waals surface area contributed by atoms with Crippen LogP contribution in [0.3, 0.4) is 0 Å². The lowest BCUT2D eigenvalue weighted by molar-refractivity contribution is -0.137. The summed E-state index contributed by atoms with van der Waals surface area (Å²) in [7, 11) is 0. The Morgan fingerprint density at radius 3 is 2.36 bits per heavy atom. The number of ether oxygens (including phenoxy) is 1. The van der Waals surface area contributed by atoms with Gasteiger partial charge in [0.15, 0.2) is 0 Å². The molecule has 0 unspecified atom stereocenters. The largest absolute Gasteiger partial charge is 0.463 e. The molecule has 0 aromatic heterocycles. The molecule has 2 amide bonds. The summed E-state index contributed by atoms with van der Waals surface area (Å²) in [6, 6.07) is 12.0. The Balaban J connectivity index is 1.45. The molecule has 0 aliphatic carbocycles. The van der Waals surface area contributed by atoms with E-state index in [0.717, 1.165) is 5.56 Å². The van der Waals surface area contributed by atoms with Gasteiger partial charge < -0.3 is 15.0 Å². The molecule has 1 fully saturated rings. The maximum atomic E-state index is 12.7. The van der Waals surface area contributed by atoms with Crippen molar-refractivity contribution in [1.82, 2.24) is 9.80 Å². The highest BCUT2D eigenvalue weighted by atomic mass is 35.5. The van der Waals surface area contributed by atoms with Crippen molar-refractivity contribution in [1.29, 1.82) is 0 Å². The van der Waals surface area contributed by atoms with Gasteiger partial charge in [-0.25, -0.2) is 4.79 Å². The predicted molar refractivity (Wildman–Crippen MR) is 130 cm³/mol. The first-order valence-corrected chi connectivity index (χ1v) is 11.3. The van der Waals surface area contributed by atoms with E-state index >= 15 is 0 Å². The molecule has 0 saturated carbocycles. The van der Waals surface area contributed by atoms with Crippen LogP contribution in [0, 0.1) is 0 Å². The lowest BCUT2D eigenvalue weighted by atomic mass is 10.1. The standard InChI is InChI=1S/C24H25Cl2N3O4/c1-2-33-23(31)10-5-17-3-7-19(8-4-17)27-22(30)16-28-11-13-29(14-12-28)24(32)20-9-6-18(25)15-21(20)26/h3-10,15H,2,11-14,16H2,1H3,(H,27,30)/b10-5+. The van der Waals surface area contributed by atoms with Gasteiger partial charge in [-0.3, -0.25) is 14.5 Å². The van der Waals surface area contributed by atoms with Crippen LogP contribution in [-0.2, 0) is 14.3 Å². The summed E-state index contributed by atoms with van der Waals surface area (Å²) in [4.78, 5) is 40.2. The zero-order valence-corrected chi connectivity index (χ0v) is 19.7. The molecule has 7 nitrogen and oxygen atoms in total. The Bertz CT molecular complexity index is 1030. The van der Waals surface area contributed by atoms with Crippen molar-refractivity contribution in [3.8, 4) is 0 Å². The van der Waals surface area contributed by atoms with Gasteiger partial charge in [0, 0.05) is 43.0 Å². The quantitative estimate of drug-likeness (QED) is 0.470. The Labute approximate surface area is 202 Å². The molecule has 0 bridgehead atoms. The highest BCUT2D eigenvalue weighted by Gasteiger charge is 2.24. The van der Waals surface area contributed by atoms with Crippen LogP contribution < -0.4 is 5.32 Å². The lowest BCUT2D eigenvalue weighted by Crippen LogP contribution is -2.50. The van der Waals surface area contributed by atoms with Gasteiger partial charge in [-0.2, -0.15) is 0 Å². The molecule has 1 aliphatic heterocycles. The van der Waals surface area contributed by atoms with Gasteiger partial charge in [-0.05, 0) is 48.9 Å². The number of nitrogens with zero attached hydrogens (tertiary/aromatic N) is 2. The predicted octanol–water partition coefficient (Wildman–Crippen LogP) is 3.97. The van der Waals surface area contributed by atoms with E-state index in [0.29, 0.717) is 54.1 Å². The first kappa shape index (κ1) is 24.8. The van der Waals surface area contributed by atoms with Crippen molar-refractivity contribution in [2.24, 2.45) is 0 Å². The van der Waals surface area contributed by atoms with Crippen LogP contribution in [0.1, 0.15) is 22.8 Å². The number of rotatable bonds is 7. The van der Waals surface area contributed by atoms with Gasteiger partial charge >= 0.3 is 5.97 Å². The minimum atomic E-state index is -0.395. The average Bonchev–Trinajstić information content (AvgIpc) is 2.79. The SMILES string of the molecule is CCOC(=O)/C=C/c1ccc(NC(=O)CN2CCN(C(=O)c3ccc(Cl)cc3Cl)CC2)cc1. The summed E-state index contributed by atoms with van der Waals surface area (Å²) in [5.41, 5.74) is 1.91. The molecule has 0 atom stereocenters. The van der Waals surface area contributed by atoms with Gasteiger partial charge in [0.1, 0.15) is 0 Å². The molecule has 1 heterocycles. The Morgan fingerprint density at radius 1 is 1.03 bits per heavy atom. The van der Waals surface area contributed by atoms with Crippen molar-refractivity contribution in [2.75, 3.05) is 44.6 Å². The van der Waals surface area contributed by atoms with E-state index in [-0.39, 0.29) is 18.4 Å². The number of carbonyl (C=O) groups is 3. The second kappa shape index (κ2) is 11.8. The molecule has 2 aromatic rings. The van der Waals surface area contributed by atoms with Gasteiger partial charge in [0.25, 0.3) is 5.91 Å². The molecular formula is C24H25Cl2N3O4. The fourth-order valence-electron chi connectivity index (χ4n) is 3.38. The smallest absolute Gasteiger partial charge is 0.330 e. The van der Waals surface area contributed by atoms with E-state index in [1.165, 1.54) is 6.08 Å². The number of esters is 1. The van der Waals surface area contributed by atoms with Crippen LogP contribution in [0.4, 0.5) is 5.69 Å².